The molecular formula is C18H31N3. The van der Waals surface area contributed by atoms with Crippen molar-refractivity contribution in [3.8, 4) is 0 Å². The number of rotatable bonds is 3. The van der Waals surface area contributed by atoms with Gasteiger partial charge in [-0.1, -0.05) is 17.7 Å². The lowest BCUT2D eigenvalue weighted by Gasteiger charge is -2.46. The number of benzene rings is 1. The molecule has 1 aliphatic rings. The molecule has 1 heterocycles. The minimum atomic E-state index is 0.337. The third-order valence-electron chi connectivity index (χ3n) is 5.12. The second-order valence-electron chi connectivity index (χ2n) is 6.88. The highest BCUT2D eigenvalue weighted by atomic mass is 15.3. The van der Waals surface area contributed by atoms with Crippen LogP contribution in [0, 0.1) is 20.8 Å². The van der Waals surface area contributed by atoms with E-state index in [0.717, 1.165) is 13.1 Å². The Morgan fingerprint density at radius 2 is 1.57 bits per heavy atom. The van der Waals surface area contributed by atoms with Gasteiger partial charge in [-0.25, -0.2) is 0 Å². The predicted octanol–water partition coefficient (Wildman–Crippen LogP) is 2.64. The summed E-state index contributed by atoms with van der Waals surface area (Å²) in [4.78, 5) is 5.05. The quantitative estimate of drug-likeness (QED) is 0.928. The summed E-state index contributed by atoms with van der Waals surface area (Å²) >= 11 is 0. The summed E-state index contributed by atoms with van der Waals surface area (Å²) in [5.74, 6) is 0. The highest BCUT2D eigenvalue weighted by Gasteiger charge is 2.31. The smallest absolute Gasteiger partial charge is 0.0477 e. The zero-order chi connectivity index (χ0) is 15.7. The maximum atomic E-state index is 6.18. The van der Waals surface area contributed by atoms with Crippen LogP contribution in [0.1, 0.15) is 42.1 Å². The lowest BCUT2D eigenvalue weighted by molar-refractivity contribution is 0.0349. The number of nitrogens with two attached hydrogens (primary N) is 1. The molecule has 0 aliphatic carbocycles. The molecule has 1 aromatic rings. The van der Waals surface area contributed by atoms with Gasteiger partial charge in [0.1, 0.15) is 0 Å². The molecule has 0 aromatic heterocycles. The zero-order valence-corrected chi connectivity index (χ0v) is 14.5. The molecule has 21 heavy (non-hydrogen) atoms. The topological polar surface area (TPSA) is 32.5 Å². The van der Waals surface area contributed by atoms with Gasteiger partial charge in [-0.05, 0) is 58.4 Å². The Labute approximate surface area is 130 Å². The molecule has 1 fully saturated rings. The first-order chi connectivity index (χ1) is 9.85. The molecule has 2 rings (SSSR count). The Morgan fingerprint density at radius 1 is 1.10 bits per heavy atom. The van der Waals surface area contributed by atoms with E-state index in [1.807, 2.05) is 0 Å². The molecule has 0 spiro atoms. The van der Waals surface area contributed by atoms with Crippen molar-refractivity contribution in [2.75, 3.05) is 26.7 Å². The zero-order valence-electron chi connectivity index (χ0n) is 14.5. The molecule has 0 amide bonds. The molecular weight excluding hydrogens is 258 g/mol. The first-order valence-electron chi connectivity index (χ1n) is 8.09. The van der Waals surface area contributed by atoms with Gasteiger partial charge in [-0.15, -0.1) is 0 Å². The Balaban J connectivity index is 2.32. The fourth-order valence-electron chi connectivity index (χ4n) is 3.87. The number of hydrogen-bond donors (Lipinski definition) is 1. The molecule has 3 unspecified atom stereocenters. The molecule has 0 bridgehead atoms. The molecule has 1 aliphatic heterocycles. The molecule has 3 atom stereocenters. The van der Waals surface area contributed by atoms with E-state index >= 15 is 0 Å². The average Bonchev–Trinajstić information content (AvgIpc) is 2.39. The Morgan fingerprint density at radius 3 is 2.00 bits per heavy atom. The van der Waals surface area contributed by atoms with Crippen LogP contribution in [0.4, 0.5) is 0 Å². The van der Waals surface area contributed by atoms with E-state index in [-0.39, 0.29) is 0 Å². The SMILES string of the molecule is Cc1cc(C)c(C(CN)N2CC(C)N(C)C(C)C2)c(C)c1. The average molecular weight is 289 g/mol. The van der Waals surface area contributed by atoms with Crippen LogP contribution in [0.15, 0.2) is 12.1 Å². The second-order valence-corrected chi connectivity index (χ2v) is 6.88. The maximum absolute atomic E-state index is 6.18. The van der Waals surface area contributed by atoms with Gasteiger partial charge in [0.05, 0.1) is 0 Å². The fraction of sp³-hybridized carbons (Fsp3) is 0.667. The molecule has 0 radical (unpaired) electrons. The molecule has 3 heteroatoms. The number of likely N-dealkylation sites (N-methyl/N-ethyl adjacent to an activating group) is 1. The Bertz CT molecular complexity index is 462. The summed E-state index contributed by atoms with van der Waals surface area (Å²) in [5.41, 5.74) is 11.7. The van der Waals surface area contributed by atoms with Crippen molar-refractivity contribution in [2.24, 2.45) is 5.73 Å². The van der Waals surface area contributed by atoms with Gasteiger partial charge in [0.2, 0.25) is 0 Å². The van der Waals surface area contributed by atoms with Crippen molar-refractivity contribution in [3.63, 3.8) is 0 Å². The standard InChI is InChI=1S/C18H31N3/c1-12-7-13(2)18(14(3)8-12)17(9-19)21-10-15(4)20(6)16(5)11-21/h7-8,15-17H,9-11,19H2,1-6H3. The van der Waals surface area contributed by atoms with Gasteiger partial charge in [-0.3, -0.25) is 9.80 Å². The Kier molecular flexibility index (Phi) is 5.07. The van der Waals surface area contributed by atoms with E-state index in [0.29, 0.717) is 24.7 Å². The van der Waals surface area contributed by atoms with Crippen LogP contribution in [0.3, 0.4) is 0 Å². The van der Waals surface area contributed by atoms with Crippen molar-refractivity contribution in [1.82, 2.24) is 9.80 Å². The van der Waals surface area contributed by atoms with Crippen LogP contribution < -0.4 is 5.73 Å². The second kappa shape index (κ2) is 6.47. The van der Waals surface area contributed by atoms with Crippen LogP contribution >= 0.6 is 0 Å². The van der Waals surface area contributed by atoms with E-state index in [9.17, 15) is 0 Å². The van der Waals surface area contributed by atoms with Crippen LogP contribution in [-0.4, -0.2) is 48.6 Å². The number of piperazine rings is 1. The van der Waals surface area contributed by atoms with Gasteiger partial charge >= 0.3 is 0 Å². The van der Waals surface area contributed by atoms with Crippen molar-refractivity contribution in [1.29, 1.82) is 0 Å². The summed E-state index contributed by atoms with van der Waals surface area (Å²) < 4.78 is 0. The van der Waals surface area contributed by atoms with Crippen LogP contribution in [0.25, 0.3) is 0 Å². The van der Waals surface area contributed by atoms with Crippen molar-refractivity contribution in [2.45, 2.75) is 52.7 Å². The van der Waals surface area contributed by atoms with Crippen LogP contribution in [0.2, 0.25) is 0 Å². The summed E-state index contributed by atoms with van der Waals surface area (Å²) in [6.07, 6.45) is 0. The molecule has 0 saturated carbocycles. The monoisotopic (exact) mass is 289 g/mol. The Hall–Kier alpha value is -0.900. The normalized spacial score (nSPS) is 26.0. The van der Waals surface area contributed by atoms with E-state index in [2.05, 4.69) is 63.6 Å². The van der Waals surface area contributed by atoms with Gasteiger partial charge in [-0.2, -0.15) is 0 Å². The largest absolute Gasteiger partial charge is 0.329 e. The summed E-state index contributed by atoms with van der Waals surface area (Å²) in [7, 11) is 2.23. The number of nitrogens with zero attached hydrogens (tertiary/aromatic N) is 2. The molecule has 1 aromatic carbocycles. The predicted molar refractivity (Wildman–Crippen MR) is 90.7 cm³/mol. The highest BCUT2D eigenvalue weighted by Crippen LogP contribution is 2.30. The third-order valence-corrected chi connectivity index (χ3v) is 5.12. The van der Waals surface area contributed by atoms with E-state index in [1.165, 1.54) is 22.3 Å². The lowest BCUT2D eigenvalue weighted by Crippen LogP contribution is -2.56. The van der Waals surface area contributed by atoms with Gasteiger partial charge < -0.3 is 5.73 Å². The molecule has 3 nitrogen and oxygen atoms in total. The van der Waals surface area contributed by atoms with Crippen LogP contribution in [-0.2, 0) is 0 Å². The van der Waals surface area contributed by atoms with Crippen LogP contribution in [0.5, 0.6) is 0 Å². The summed E-state index contributed by atoms with van der Waals surface area (Å²) in [6.45, 7) is 14.1. The summed E-state index contributed by atoms with van der Waals surface area (Å²) in [5, 5.41) is 0. The number of hydrogen-bond acceptors (Lipinski definition) is 3. The van der Waals surface area contributed by atoms with Gasteiger partial charge in [0.25, 0.3) is 0 Å². The van der Waals surface area contributed by atoms with E-state index in [1.54, 1.807) is 0 Å². The minimum absolute atomic E-state index is 0.337. The molecule has 2 N–H and O–H groups in total. The van der Waals surface area contributed by atoms with Crippen molar-refractivity contribution >= 4 is 0 Å². The lowest BCUT2D eigenvalue weighted by atomic mass is 9.92. The molecule has 118 valence electrons. The van der Waals surface area contributed by atoms with Crippen molar-refractivity contribution in [3.05, 3.63) is 34.4 Å². The van der Waals surface area contributed by atoms with Gasteiger partial charge in [0, 0.05) is 37.8 Å². The third kappa shape index (κ3) is 3.31. The van der Waals surface area contributed by atoms with Gasteiger partial charge in [0.15, 0.2) is 0 Å². The highest BCUT2D eigenvalue weighted by molar-refractivity contribution is 5.40. The van der Waals surface area contributed by atoms with E-state index < -0.39 is 0 Å². The minimum Gasteiger partial charge on any atom is -0.329 e. The number of aryl methyl sites for hydroxylation is 3. The van der Waals surface area contributed by atoms with Crippen molar-refractivity contribution < 1.29 is 0 Å². The summed E-state index contributed by atoms with van der Waals surface area (Å²) in [6, 6.07) is 6.06. The fourth-order valence-corrected chi connectivity index (χ4v) is 3.87. The molecule has 1 saturated heterocycles. The first-order valence-corrected chi connectivity index (χ1v) is 8.09. The van der Waals surface area contributed by atoms with E-state index in [4.69, 9.17) is 5.73 Å². The maximum Gasteiger partial charge on any atom is 0.0477 e. The first kappa shape index (κ1) is 16.5.